The lowest BCUT2D eigenvalue weighted by Gasteiger charge is -2.00. The van der Waals surface area contributed by atoms with Crippen molar-refractivity contribution in [2.45, 2.75) is 28.2 Å². The molecule has 2 N–H and O–H groups in total. The second-order valence-corrected chi connectivity index (χ2v) is 4.99. The van der Waals surface area contributed by atoms with Crippen molar-refractivity contribution in [2.75, 3.05) is 12.4 Å². The fraction of sp³-hybridized carbons (Fsp3) is 0.263. The minimum absolute atomic E-state index is 0. The number of amides is 2. The second kappa shape index (κ2) is 10.2. The summed E-state index contributed by atoms with van der Waals surface area (Å²) in [6.45, 7) is 5.50. The summed E-state index contributed by atoms with van der Waals surface area (Å²) in [6, 6.07) is 15.2. The zero-order valence-electron chi connectivity index (χ0n) is 13.4. The molecule has 2 aromatic carbocycles. The Morgan fingerprint density at radius 3 is 1.65 bits per heavy atom. The van der Waals surface area contributed by atoms with Gasteiger partial charge in [-0.15, -0.1) is 0 Å². The molecule has 0 fully saturated rings. The lowest BCUT2D eigenvalue weighted by molar-refractivity contribution is -0.114. The quantitative estimate of drug-likeness (QED) is 0.882. The van der Waals surface area contributed by atoms with E-state index in [4.69, 9.17) is 0 Å². The SMILES string of the molecule is C.CC(=O)Nc1ccc(C)cc1.CNC(=O)c1ccc(C)cc1. The summed E-state index contributed by atoms with van der Waals surface area (Å²) in [4.78, 5) is 21.6. The molecule has 2 rings (SSSR count). The van der Waals surface area contributed by atoms with Crippen LogP contribution in [0.4, 0.5) is 5.69 Å². The highest BCUT2D eigenvalue weighted by Gasteiger charge is 1.99. The zero-order valence-corrected chi connectivity index (χ0v) is 13.4. The number of hydrogen-bond donors (Lipinski definition) is 2. The molecule has 0 aliphatic heterocycles. The van der Waals surface area contributed by atoms with E-state index < -0.39 is 0 Å². The number of anilines is 1. The lowest BCUT2D eigenvalue weighted by atomic mass is 10.1. The first-order valence-electron chi connectivity index (χ1n) is 7.05. The first-order chi connectivity index (χ1) is 10.4. The smallest absolute Gasteiger partial charge is 0.251 e. The Morgan fingerprint density at radius 2 is 1.26 bits per heavy atom. The Bertz CT molecular complexity index is 617. The third kappa shape index (κ3) is 7.81. The fourth-order valence-electron chi connectivity index (χ4n) is 1.69. The summed E-state index contributed by atoms with van der Waals surface area (Å²) < 4.78 is 0. The van der Waals surface area contributed by atoms with E-state index in [0.29, 0.717) is 5.56 Å². The number of carbonyl (C=O) groups excluding carboxylic acids is 2. The largest absolute Gasteiger partial charge is 0.355 e. The molecule has 0 saturated carbocycles. The predicted octanol–water partition coefficient (Wildman–Crippen LogP) is 3.94. The van der Waals surface area contributed by atoms with Crippen LogP contribution in [0.2, 0.25) is 0 Å². The summed E-state index contributed by atoms with van der Waals surface area (Å²) in [7, 11) is 1.63. The van der Waals surface area contributed by atoms with Crippen molar-refractivity contribution in [2.24, 2.45) is 0 Å². The molecule has 0 aliphatic carbocycles. The number of aryl methyl sites for hydroxylation is 2. The number of rotatable bonds is 2. The van der Waals surface area contributed by atoms with Crippen molar-refractivity contribution in [1.82, 2.24) is 5.32 Å². The maximum atomic E-state index is 11.0. The Balaban J connectivity index is 0.000000403. The van der Waals surface area contributed by atoms with Crippen LogP contribution in [-0.4, -0.2) is 18.9 Å². The van der Waals surface area contributed by atoms with Gasteiger partial charge in [0.25, 0.3) is 5.91 Å². The van der Waals surface area contributed by atoms with Crippen LogP contribution in [0.25, 0.3) is 0 Å². The van der Waals surface area contributed by atoms with E-state index in [1.54, 1.807) is 7.05 Å². The van der Waals surface area contributed by atoms with Gasteiger partial charge in [-0.25, -0.2) is 0 Å². The van der Waals surface area contributed by atoms with Crippen LogP contribution in [-0.2, 0) is 4.79 Å². The number of nitrogens with one attached hydrogen (secondary N) is 2. The Kier molecular flexibility index (Phi) is 9.01. The molecule has 0 radical (unpaired) electrons. The number of benzene rings is 2. The van der Waals surface area contributed by atoms with Gasteiger partial charge >= 0.3 is 0 Å². The standard InChI is InChI=1S/2C9H11NO.CH4/c1-7-3-5-8(6-4-7)9(11)10-2;1-7-3-5-9(6-4-7)10-8(2)11;/h2*3-6H,1-2H3,(H,10,11);1H4. The highest BCUT2D eigenvalue weighted by molar-refractivity contribution is 5.93. The minimum Gasteiger partial charge on any atom is -0.355 e. The molecule has 0 atom stereocenters. The average Bonchev–Trinajstić information content (AvgIpc) is 2.50. The average molecular weight is 314 g/mol. The summed E-state index contributed by atoms with van der Waals surface area (Å²) in [6.07, 6.45) is 0. The van der Waals surface area contributed by atoms with Gasteiger partial charge in [0.15, 0.2) is 0 Å². The van der Waals surface area contributed by atoms with Crippen LogP contribution < -0.4 is 10.6 Å². The van der Waals surface area contributed by atoms with Gasteiger partial charge in [-0.05, 0) is 38.1 Å². The molecule has 0 spiro atoms. The molecule has 0 bridgehead atoms. The predicted molar refractivity (Wildman–Crippen MR) is 96.8 cm³/mol. The summed E-state index contributed by atoms with van der Waals surface area (Å²) in [5.74, 6) is -0.0705. The van der Waals surface area contributed by atoms with Crippen LogP contribution >= 0.6 is 0 Å². The van der Waals surface area contributed by atoms with Crippen molar-refractivity contribution in [1.29, 1.82) is 0 Å². The van der Waals surface area contributed by atoms with Crippen LogP contribution in [0.5, 0.6) is 0 Å². The molecule has 23 heavy (non-hydrogen) atoms. The summed E-state index contributed by atoms with van der Waals surface area (Å²) in [5, 5.41) is 5.25. The van der Waals surface area contributed by atoms with E-state index in [1.807, 2.05) is 62.4 Å². The molecular weight excluding hydrogens is 288 g/mol. The second-order valence-electron chi connectivity index (χ2n) is 4.99. The van der Waals surface area contributed by atoms with Crippen molar-refractivity contribution >= 4 is 17.5 Å². The lowest BCUT2D eigenvalue weighted by Crippen LogP contribution is -2.17. The van der Waals surface area contributed by atoms with Crippen molar-refractivity contribution in [3.05, 3.63) is 65.2 Å². The first kappa shape index (κ1) is 20.4. The third-order valence-corrected chi connectivity index (χ3v) is 2.91. The molecule has 4 nitrogen and oxygen atoms in total. The third-order valence-electron chi connectivity index (χ3n) is 2.91. The molecule has 0 heterocycles. The fourth-order valence-corrected chi connectivity index (χ4v) is 1.69. The molecule has 4 heteroatoms. The molecule has 0 aliphatic rings. The van der Waals surface area contributed by atoms with Gasteiger partial charge in [-0.1, -0.05) is 42.8 Å². The molecule has 2 amide bonds. The van der Waals surface area contributed by atoms with Crippen molar-refractivity contribution in [3.8, 4) is 0 Å². The molecule has 2 aromatic rings. The van der Waals surface area contributed by atoms with Crippen LogP contribution in [0.15, 0.2) is 48.5 Å². The Hall–Kier alpha value is -2.62. The van der Waals surface area contributed by atoms with Gasteiger partial charge in [0, 0.05) is 25.2 Å². The Morgan fingerprint density at radius 1 is 0.826 bits per heavy atom. The van der Waals surface area contributed by atoms with Crippen LogP contribution in [0.3, 0.4) is 0 Å². The zero-order chi connectivity index (χ0) is 16.5. The van der Waals surface area contributed by atoms with E-state index in [2.05, 4.69) is 10.6 Å². The van der Waals surface area contributed by atoms with Crippen LogP contribution in [0, 0.1) is 13.8 Å². The molecule has 0 aromatic heterocycles. The van der Waals surface area contributed by atoms with E-state index >= 15 is 0 Å². The maximum Gasteiger partial charge on any atom is 0.251 e. The Labute approximate surface area is 138 Å². The van der Waals surface area contributed by atoms with Gasteiger partial charge in [0.2, 0.25) is 5.91 Å². The highest BCUT2D eigenvalue weighted by Crippen LogP contribution is 2.07. The molecule has 0 saturated heterocycles. The molecular formula is C19H26N2O2. The van der Waals surface area contributed by atoms with E-state index in [0.717, 1.165) is 11.3 Å². The normalized spacial score (nSPS) is 8.87. The first-order valence-corrected chi connectivity index (χ1v) is 7.05. The monoisotopic (exact) mass is 314 g/mol. The van der Waals surface area contributed by atoms with Crippen LogP contribution in [0.1, 0.15) is 35.8 Å². The van der Waals surface area contributed by atoms with E-state index in [9.17, 15) is 9.59 Å². The number of hydrogen-bond acceptors (Lipinski definition) is 2. The topological polar surface area (TPSA) is 58.2 Å². The summed E-state index contributed by atoms with van der Waals surface area (Å²) >= 11 is 0. The van der Waals surface area contributed by atoms with Gasteiger partial charge in [0.05, 0.1) is 0 Å². The van der Waals surface area contributed by atoms with Gasteiger partial charge in [0.1, 0.15) is 0 Å². The maximum absolute atomic E-state index is 11.0. The van der Waals surface area contributed by atoms with Gasteiger partial charge < -0.3 is 10.6 Å². The molecule has 0 unspecified atom stereocenters. The minimum atomic E-state index is -0.0370. The van der Waals surface area contributed by atoms with E-state index in [-0.39, 0.29) is 19.2 Å². The van der Waals surface area contributed by atoms with Gasteiger partial charge in [-0.3, -0.25) is 9.59 Å². The van der Waals surface area contributed by atoms with Crippen molar-refractivity contribution < 1.29 is 9.59 Å². The highest BCUT2D eigenvalue weighted by atomic mass is 16.2. The van der Waals surface area contributed by atoms with Crippen molar-refractivity contribution in [3.63, 3.8) is 0 Å². The van der Waals surface area contributed by atoms with E-state index in [1.165, 1.54) is 12.5 Å². The number of carbonyl (C=O) groups is 2. The molecule has 124 valence electrons. The van der Waals surface area contributed by atoms with Gasteiger partial charge in [-0.2, -0.15) is 0 Å². The summed E-state index contributed by atoms with van der Waals surface area (Å²) in [5.41, 5.74) is 3.91.